The number of hydrogen-bond donors (Lipinski definition) is 3. The number of rotatable bonds is 3. The highest BCUT2D eigenvalue weighted by atomic mass is 16.5. The third kappa shape index (κ3) is 2.43. The zero-order valence-electron chi connectivity index (χ0n) is 9.89. The Kier molecular flexibility index (Phi) is 3.20. The van der Waals surface area contributed by atoms with Crippen LogP contribution < -0.4 is 16.6 Å². The van der Waals surface area contributed by atoms with Crippen LogP contribution in [-0.2, 0) is 0 Å². The summed E-state index contributed by atoms with van der Waals surface area (Å²) < 4.78 is 4.79. The third-order valence-electron chi connectivity index (χ3n) is 2.19. The van der Waals surface area contributed by atoms with Gasteiger partial charge in [-0.05, 0) is 19.9 Å². The summed E-state index contributed by atoms with van der Waals surface area (Å²) in [5.41, 5.74) is 3.94. The molecule has 4 N–H and O–H groups in total. The lowest BCUT2D eigenvalue weighted by Gasteiger charge is -2.07. The van der Waals surface area contributed by atoms with Crippen LogP contribution in [0.2, 0.25) is 0 Å². The second-order valence-electron chi connectivity index (χ2n) is 3.62. The van der Waals surface area contributed by atoms with Crippen molar-refractivity contribution >= 4 is 17.6 Å². The average Bonchev–Trinajstić information content (AvgIpc) is 2.74. The second-order valence-corrected chi connectivity index (χ2v) is 3.62. The quantitative estimate of drug-likeness (QED) is 0.538. The van der Waals surface area contributed by atoms with E-state index in [9.17, 15) is 4.79 Å². The maximum absolute atomic E-state index is 11.9. The van der Waals surface area contributed by atoms with Crippen LogP contribution >= 0.6 is 0 Å². The molecule has 0 saturated heterocycles. The van der Waals surface area contributed by atoms with Gasteiger partial charge in [0, 0.05) is 11.9 Å². The van der Waals surface area contributed by atoms with Crippen LogP contribution in [0, 0.1) is 13.8 Å². The smallest absolute Gasteiger partial charge is 0.323 e. The van der Waals surface area contributed by atoms with Crippen molar-refractivity contribution < 1.29 is 9.32 Å². The molecule has 18 heavy (non-hydrogen) atoms. The van der Waals surface area contributed by atoms with E-state index in [1.807, 2.05) is 0 Å². The molecule has 2 rings (SSSR count). The normalized spacial score (nSPS) is 10.2. The third-order valence-corrected chi connectivity index (χ3v) is 2.19. The Labute approximate surface area is 103 Å². The van der Waals surface area contributed by atoms with Crippen LogP contribution in [0.15, 0.2) is 16.8 Å². The number of carbonyl (C=O) groups is 1. The topological polar surface area (TPSA) is 119 Å². The van der Waals surface area contributed by atoms with Crippen molar-refractivity contribution in [1.82, 2.24) is 15.1 Å². The summed E-state index contributed by atoms with van der Waals surface area (Å²) in [4.78, 5) is 19.8. The minimum absolute atomic E-state index is 0.0287. The van der Waals surface area contributed by atoms with E-state index in [0.29, 0.717) is 17.1 Å². The maximum atomic E-state index is 11.9. The SMILES string of the molecule is Cc1cc(NN)c(C(=O)Nc2nc(C)no2)cn1. The van der Waals surface area contributed by atoms with E-state index in [1.54, 1.807) is 19.9 Å². The lowest BCUT2D eigenvalue weighted by Crippen LogP contribution is -2.18. The van der Waals surface area contributed by atoms with Gasteiger partial charge >= 0.3 is 6.01 Å². The van der Waals surface area contributed by atoms with Gasteiger partial charge in [-0.2, -0.15) is 4.98 Å². The second kappa shape index (κ2) is 4.80. The van der Waals surface area contributed by atoms with Gasteiger partial charge in [0.25, 0.3) is 5.91 Å². The Morgan fingerprint density at radius 3 is 2.83 bits per heavy atom. The minimum Gasteiger partial charge on any atom is -0.323 e. The first-order valence-electron chi connectivity index (χ1n) is 5.15. The van der Waals surface area contributed by atoms with Gasteiger partial charge in [-0.3, -0.25) is 20.9 Å². The first-order valence-corrected chi connectivity index (χ1v) is 5.15. The standard InChI is InChI=1S/C10H12N6O2/c1-5-3-8(15-11)7(4-12-5)9(17)14-10-13-6(2)16-18-10/h3-4H,11H2,1-2H3,(H,12,15)(H,13,14,16,17). The number of amides is 1. The van der Waals surface area contributed by atoms with Gasteiger partial charge < -0.3 is 9.95 Å². The molecule has 0 spiro atoms. The van der Waals surface area contributed by atoms with Crippen LogP contribution in [0.5, 0.6) is 0 Å². The molecule has 8 nitrogen and oxygen atoms in total. The Morgan fingerprint density at radius 2 is 2.22 bits per heavy atom. The molecule has 0 fully saturated rings. The molecule has 0 unspecified atom stereocenters. The van der Waals surface area contributed by atoms with Gasteiger partial charge in [0.1, 0.15) is 0 Å². The summed E-state index contributed by atoms with van der Waals surface area (Å²) in [6.07, 6.45) is 1.42. The molecule has 0 saturated carbocycles. The van der Waals surface area contributed by atoms with E-state index in [4.69, 9.17) is 10.4 Å². The number of anilines is 2. The van der Waals surface area contributed by atoms with Gasteiger partial charge in [0.05, 0.1) is 11.3 Å². The highest BCUT2D eigenvalue weighted by Gasteiger charge is 2.14. The Hall–Kier alpha value is -2.48. The highest BCUT2D eigenvalue weighted by molar-refractivity contribution is 6.06. The number of hydrazine groups is 1. The van der Waals surface area contributed by atoms with Crippen molar-refractivity contribution in [2.45, 2.75) is 13.8 Å². The van der Waals surface area contributed by atoms with Crippen LogP contribution in [0.3, 0.4) is 0 Å². The van der Waals surface area contributed by atoms with E-state index < -0.39 is 5.91 Å². The zero-order chi connectivity index (χ0) is 13.1. The van der Waals surface area contributed by atoms with E-state index in [-0.39, 0.29) is 6.01 Å². The number of hydrogen-bond acceptors (Lipinski definition) is 7. The predicted octanol–water partition coefficient (Wildman–Crippen LogP) is 0.619. The van der Waals surface area contributed by atoms with Crippen molar-refractivity contribution in [2.24, 2.45) is 5.84 Å². The highest BCUT2D eigenvalue weighted by Crippen LogP contribution is 2.16. The van der Waals surface area contributed by atoms with Crippen LogP contribution in [0.4, 0.5) is 11.7 Å². The minimum atomic E-state index is -0.431. The number of aryl methyl sites for hydroxylation is 2. The molecule has 0 aliphatic rings. The summed E-state index contributed by atoms with van der Waals surface area (Å²) in [5.74, 6) is 5.35. The summed E-state index contributed by atoms with van der Waals surface area (Å²) in [5, 5.41) is 6.02. The predicted molar refractivity (Wildman–Crippen MR) is 63.8 cm³/mol. The van der Waals surface area contributed by atoms with Crippen molar-refractivity contribution in [1.29, 1.82) is 0 Å². The summed E-state index contributed by atoms with van der Waals surface area (Å²) in [6, 6.07) is 1.69. The Balaban J connectivity index is 2.23. The molecule has 2 heterocycles. The zero-order valence-corrected chi connectivity index (χ0v) is 9.89. The van der Waals surface area contributed by atoms with Crippen molar-refractivity contribution in [2.75, 3.05) is 10.7 Å². The number of nitrogens with two attached hydrogens (primary N) is 1. The Bertz CT molecular complexity index is 579. The number of carbonyl (C=O) groups excluding carboxylic acids is 1. The first-order chi connectivity index (χ1) is 8.60. The molecule has 0 radical (unpaired) electrons. The van der Waals surface area contributed by atoms with E-state index in [0.717, 1.165) is 5.69 Å². The fourth-order valence-electron chi connectivity index (χ4n) is 1.37. The molecule has 0 aliphatic carbocycles. The molecular weight excluding hydrogens is 236 g/mol. The number of aromatic nitrogens is 3. The number of nitrogens with one attached hydrogen (secondary N) is 2. The maximum Gasteiger partial charge on any atom is 0.328 e. The van der Waals surface area contributed by atoms with Crippen LogP contribution in [-0.4, -0.2) is 21.0 Å². The van der Waals surface area contributed by atoms with Crippen molar-refractivity contribution in [3.63, 3.8) is 0 Å². The van der Waals surface area contributed by atoms with Crippen molar-refractivity contribution in [3.05, 3.63) is 29.3 Å². The van der Waals surface area contributed by atoms with Crippen LogP contribution in [0.25, 0.3) is 0 Å². The molecule has 8 heteroatoms. The molecule has 2 aromatic heterocycles. The monoisotopic (exact) mass is 248 g/mol. The summed E-state index contributed by atoms with van der Waals surface area (Å²) >= 11 is 0. The lowest BCUT2D eigenvalue weighted by molar-refractivity contribution is 0.102. The molecule has 0 atom stereocenters. The van der Waals surface area contributed by atoms with Crippen molar-refractivity contribution in [3.8, 4) is 0 Å². The lowest BCUT2D eigenvalue weighted by atomic mass is 10.2. The van der Waals surface area contributed by atoms with E-state index in [2.05, 4.69) is 25.9 Å². The summed E-state index contributed by atoms with van der Waals surface area (Å²) in [6.45, 7) is 3.45. The van der Waals surface area contributed by atoms with Gasteiger partial charge in [-0.15, -0.1) is 0 Å². The largest absolute Gasteiger partial charge is 0.328 e. The van der Waals surface area contributed by atoms with Gasteiger partial charge in [-0.25, -0.2) is 0 Å². The average molecular weight is 248 g/mol. The molecule has 2 aromatic rings. The van der Waals surface area contributed by atoms with Crippen LogP contribution in [0.1, 0.15) is 21.9 Å². The molecule has 94 valence electrons. The molecule has 0 aromatic carbocycles. The first kappa shape index (κ1) is 12.0. The van der Waals surface area contributed by atoms with Gasteiger partial charge in [0.2, 0.25) is 0 Å². The van der Waals surface area contributed by atoms with Gasteiger partial charge in [-0.1, -0.05) is 5.16 Å². The van der Waals surface area contributed by atoms with Gasteiger partial charge in [0.15, 0.2) is 5.82 Å². The molecule has 0 bridgehead atoms. The van der Waals surface area contributed by atoms with E-state index in [1.165, 1.54) is 6.20 Å². The van der Waals surface area contributed by atoms with E-state index >= 15 is 0 Å². The Morgan fingerprint density at radius 1 is 1.44 bits per heavy atom. The molecule has 1 amide bonds. The number of nitrogen functional groups attached to an aromatic ring is 1. The number of pyridine rings is 1. The number of nitrogens with zero attached hydrogens (tertiary/aromatic N) is 3. The molecule has 0 aliphatic heterocycles. The molecular formula is C10H12N6O2. The summed E-state index contributed by atoms with van der Waals surface area (Å²) in [7, 11) is 0. The fourth-order valence-corrected chi connectivity index (χ4v) is 1.37. The fraction of sp³-hybridized carbons (Fsp3) is 0.200.